The first-order valence-electron chi connectivity index (χ1n) is 5.25. The molecule has 3 aromatic rings. The standard InChI is InChI=1S/C13H7ClFIN2/c14-9-5-3-8(4-6-9)11-12(16)18-7-1-2-10(15)13(18)17-11/h1-7H. The van der Waals surface area contributed by atoms with E-state index < -0.39 is 0 Å². The summed E-state index contributed by atoms with van der Waals surface area (Å²) in [5.74, 6) is -0.323. The van der Waals surface area contributed by atoms with E-state index in [0.717, 1.165) is 15.0 Å². The maximum Gasteiger partial charge on any atom is 0.174 e. The van der Waals surface area contributed by atoms with E-state index in [1.54, 1.807) is 28.8 Å². The highest BCUT2D eigenvalue weighted by molar-refractivity contribution is 14.1. The van der Waals surface area contributed by atoms with Crippen molar-refractivity contribution < 1.29 is 4.39 Å². The molecule has 2 aromatic heterocycles. The molecule has 0 spiro atoms. The van der Waals surface area contributed by atoms with E-state index in [0.29, 0.717) is 10.7 Å². The Bertz CT molecular complexity index is 722. The molecule has 0 fully saturated rings. The molecule has 3 rings (SSSR count). The molecular formula is C13H7ClFIN2. The molecule has 5 heteroatoms. The van der Waals surface area contributed by atoms with E-state index in [1.807, 2.05) is 12.1 Å². The number of fused-ring (bicyclic) bond motifs is 1. The van der Waals surface area contributed by atoms with Gasteiger partial charge in [0, 0.05) is 16.8 Å². The zero-order valence-corrected chi connectivity index (χ0v) is 12.0. The van der Waals surface area contributed by atoms with Gasteiger partial charge >= 0.3 is 0 Å². The highest BCUT2D eigenvalue weighted by Gasteiger charge is 2.13. The van der Waals surface area contributed by atoms with Gasteiger partial charge in [0.05, 0.1) is 0 Å². The molecule has 18 heavy (non-hydrogen) atoms. The van der Waals surface area contributed by atoms with Gasteiger partial charge in [0.1, 0.15) is 9.39 Å². The molecule has 0 saturated carbocycles. The van der Waals surface area contributed by atoms with Crippen LogP contribution in [-0.2, 0) is 0 Å². The Labute approximate surface area is 122 Å². The van der Waals surface area contributed by atoms with Crippen molar-refractivity contribution in [3.05, 3.63) is 57.1 Å². The fourth-order valence-electron chi connectivity index (χ4n) is 1.80. The minimum absolute atomic E-state index is 0.323. The van der Waals surface area contributed by atoms with Gasteiger partial charge in [0.2, 0.25) is 0 Å². The SMILES string of the molecule is Fc1cccn2c(I)c(-c3ccc(Cl)cc3)nc12. The van der Waals surface area contributed by atoms with Crippen molar-refractivity contribution >= 4 is 39.8 Å². The van der Waals surface area contributed by atoms with Gasteiger partial charge in [0.25, 0.3) is 0 Å². The third kappa shape index (κ3) is 1.89. The molecule has 90 valence electrons. The molecule has 0 aliphatic carbocycles. The zero-order chi connectivity index (χ0) is 12.7. The van der Waals surface area contributed by atoms with E-state index in [1.165, 1.54) is 6.07 Å². The predicted octanol–water partition coefficient (Wildman–Crippen LogP) is 4.40. The van der Waals surface area contributed by atoms with Crippen LogP contribution in [0.4, 0.5) is 4.39 Å². The first-order chi connectivity index (χ1) is 8.66. The van der Waals surface area contributed by atoms with Crippen LogP contribution in [0.3, 0.4) is 0 Å². The Morgan fingerprint density at radius 2 is 1.89 bits per heavy atom. The van der Waals surface area contributed by atoms with Gasteiger partial charge in [0.15, 0.2) is 11.5 Å². The number of rotatable bonds is 1. The van der Waals surface area contributed by atoms with E-state index >= 15 is 0 Å². The zero-order valence-electron chi connectivity index (χ0n) is 9.07. The second-order valence-electron chi connectivity index (χ2n) is 3.81. The van der Waals surface area contributed by atoms with Crippen LogP contribution >= 0.6 is 34.2 Å². The molecule has 2 heterocycles. The number of aromatic nitrogens is 2. The maximum atomic E-state index is 13.7. The van der Waals surface area contributed by atoms with E-state index in [9.17, 15) is 4.39 Å². The third-order valence-electron chi connectivity index (χ3n) is 2.66. The Morgan fingerprint density at radius 3 is 2.56 bits per heavy atom. The summed E-state index contributed by atoms with van der Waals surface area (Å²) in [6.07, 6.45) is 1.80. The van der Waals surface area contributed by atoms with Crippen LogP contribution in [0.2, 0.25) is 5.02 Å². The molecule has 0 bridgehead atoms. The number of benzene rings is 1. The summed E-state index contributed by atoms with van der Waals surface area (Å²) < 4.78 is 16.3. The van der Waals surface area contributed by atoms with Crippen LogP contribution in [0.15, 0.2) is 42.6 Å². The van der Waals surface area contributed by atoms with Crippen LogP contribution in [0.1, 0.15) is 0 Å². The van der Waals surface area contributed by atoms with Crippen molar-refractivity contribution in [2.75, 3.05) is 0 Å². The summed E-state index contributed by atoms with van der Waals surface area (Å²) in [6.45, 7) is 0. The molecule has 0 radical (unpaired) electrons. The van der Waals surface area contributed by atoms with Crippen LogP contribution < -0.4 is 0 Å². The Kier molecular flexibility index (Phi) is 2.99. The lowest BCUT2D eigenvalue weighted by atomic mass is 10.2. The largest absolute Gasteiger partial charge is 0.292 e. The molecule has 0 aliphatic heterocycles. The molecule has 1 aromatic carbocycles. The van der Waals surface area contributed by atoms with E-state index in [-0.39, 0.29) is 5.82 Å². The number of hydrogen-bond acceptors (Lipinski definition) is 1. The van der Waals surface area contributed by atoms with Gasteiger partial charge in [-0.3, -0.25) is 4.40 Å². The first-order valence-corrected chi connectivity index (χ1v) is 6.70. The third-order valence-corrected chi connectivity index (χ3v) is 3.94. The van der Waals surface area contributed by atoms with Crippen LogP contribution in [0.5, 0.6) is 0 Å². The van der Waals surface area contributed by atoms with Crippen LogP contribution in [-0.4, -0.2) is 9.38 Å². The minimum Gasteiger partial charge on any atom is -0.292 e. The van der Waals surface area contributed by atoms with Crippen LogP contribution in [0.25, 0.3) is 16.9 Å². The first kappa shape index (κ1) is 11.9. The second kappa shape index (κ2) is 4.51. The smallest absolute Gasteiger partial charge is 0.174 e. The summed E-state index contributed by atoms with van der Waals surface area (Å²) in [4.78, 5) is 4.35. The van der Waals surface area contributed by atoms with Crippen LogP contribution in [0, 0.1) is 9.52 Å². The number of nitrogens with zero attached hydrogens (tertiary/aromatic N) is 2. The van der Waals surface area contributed by atoms with Gasteiger partial charge in [-0.15, -0.1) is 0 Å². The Morgan fingerprint density at radius 1 is 1.17 bits per heavy atom. The topological polar surface area (TPSA) is 17.3 Å². The lowest BCUT2D eigenvalue weighted by molar-refractivity contribution is 0.629. The summed E-state index contributed by atoms with van der Waals surface area (Å²) in [6, 6.07) is 10.4. The maximum absolute atomic E-state index is 13.7. The van der Waals surface area contributed by atoms with Crippen molar-refractivity contribution in [1.82, 2.24) is 9.38 Å². The van der Waals surface area contributed by atoms with Crippen molar-refractivity contribution in [2.45, 2.75) is 0 Å². The van der Waals surface area contributed by atoms with Gasteiger partial charge in [-0.25, -0.2) is 9.37 Å². The van der Waals surface area contributed by atoms with Gasteiger partial charge < -0.3 is 0 Å². The number of halogens is 3. The van der Waals surface area contributed by atoms with Crippen molar-refractivity contribution in [2.24, 2.45) is 0 Å². The summed E-state index contributed by atoms with van der Waals surface area (Å²) in [5, 5.41) is 0.670. The average Bonchev–Trinajstić information content (AvgIpc) is 2.70. The molecule has 0 unspecified atom stereocenters. The van der Waals surface area contributed by atoms with Gasteiger partial charge in [-0.2, -0.15) is 0 Å². The lowest BCUT2D eigenvalue weighted by Crippen LogP contribution is -1.88. The Balaban J connectivity index is 2.27. The number of imidazole rings is 1. The summed E-state index contributed by atoms with van der Waals surface area (Å²) >= 11 is 8.02. The highest BCUT2D eigenvalue weighted by Crippen LogP contribution is 2.27. The summed E-state index contributed by atoms with van der Waals surface area (Å²) in [5.41, 5.74) is 2.02. The van der Waals surface area contributed by atoms with Gasteiger partial charge in [-0.05, 0) is 46.9 Å². The normalized spacial score (nSPS) is 11.1. The minimum atomic E-state index is -0.323. The molecular weight excluding hydrogens is 366 g/mol. The molecule has 2 nitrogen and oxygen atoms in total. The van der Waals surface area contributed by atoms with Crippen molar-refractivity contribution in [3.63, 3.8) is 0 Å². The molecule has 0 aliphatic rings. The van der Waals surface area contributed by atoms with E-state index in [2.05, 4.69) is 27.6 Å². The molecule has 0 amide bonds. The van der Waals surface area contributed by atoms with Crippen molar-refractivity contribution in [1.29, 1.82) is 0 Å². The lowest BCUT2D eigenvalue weighted by Gasteiger charge is -1.98. The molecule has 0 saturated heterocycles. The fourth-order valence-corrected chi connectivity index (χ4v) is 2.74. The van der Waals surface area contributed by atoms with Gasteiger partial charge in [-0.1, -0.05) is 23.7 Å². The highest BCUT2D eigenvalue weighted by atomic mass is 127. The fraction of sp³-hybridized carbons (Fsp3) is 0. The second-order valence-corrected chi connectivity index (χ2v) is 5.27. The van der Waals surface area contributed by atoms with Crippen molar-refractivity contribution in [3.8, 4) is 11.3 Å². The molecule has 0 atom stereocenters. The molecule has 0 N–H and O–H groups in total. The monoisotopic (exact) mass is 372 g/mol. The number of pyridine rings is 1. The number of hydrogen-bond donors (Lipinski definition) is 0. The van der Waals surface area contributed by atoms with E-state index in [4.69, 9.17) is 11.6 Å². The average molecular weight is 373 g/mol. The Hall–Kier alpha value is -1.14. The quantitative estimate of drug-likeness (QED) is 0.579. The summed E-state index contributed by atoms with van der Waals surface area (Å²) in [7, 11) is 0. The predicted molar refractivity (Wildman–Crippen MR) is 78.3 cm³/mol.